The van der Waals surface area contributed by atoms with Gasteiger partial charge in [0, 0.05) is 51.4 Å². The van der Waals surface area contributed by atoms with E-state index in [1.807, 2.05) is 48.5 Å². The molecule has 0 aliphatic heterocycles. The van der Waals surface area contributed by atoms with Gasteiger partial charge < -0.3 is 20.9 Å². The number of nitrogens with one attached hydrogen (secondary N) is 3. The molecule has 3 N–H and O–H groups in total. The Morgan fingerprint density at radius 3 is 2.41 bits per heavy atom. The fraction of sp³-hybridized carbons (Fsp3) is 0.423. The van der Waals surface area contributed by atoms with Gasteiger partial charge in [-0.3, -0.25) is 14.6 Å². The minimum atomic E-state index is 0. The molecule has 1 saturated carbocycles. The minimum Gasteiger partial charge on any atom is -0.356 e. The summed E-state index contributed by atoms with van der Waals surface area (Å²) in [4.78, 5) is 30.4. The molecule has 0 bridgehead atoms. The molecule has 1 aliphatic carbocycles. The van der Waals surface area contributed by atoms with Crippen LogP contribution in [-0.4, -0.2) is 50.4 Å². The highest BCUT2D eigenvalue weighted by molar-refractivity contribution is 14.0. The monoisotopic (exact) mass is 577 g/mol. The third kappa shape index (κ3) is 8.30. The first-order chi connectivity index (χ1) is 16.0. The van der Waals surface area contributed by atoms with Gasteiger partial charge in [0.15, 0.2) is 5.96 Å². The fourth-order valence-corrected chi connectivity index (χ4v) is 4.04. The maximum absolute atomic E-state index is 12.4. The lowest BCUT2D eigenvalue weighted by Gasteiger charge is -2.14. The van der Waals surface area contributed by atoms with Crippen LogP contribution in [-0.2, 0) is 17.8 Å². The number of nitrogens with zero attached hydrogens (tertiary/aromatic N) is 2. The zero-order valence-corrected chi connectivity index (χ0v) is 22.6. The molecular weight excluding hydrogens is 541 g/mol. The Morgan fingerprint density at radius 1 is 1.00 bits per heavy atom. The van der Waals surface area contributed by atoms with Gasteiger partial charge in [-0.05, 0) is 54.7 Å². The summed E-state index contributed by atoms with van der Waals surface area (Å²) in [7, 11) is 5.25. The van der Waals surface area contributed by atoms with Crippen LogP contribution in [0, 0.1) is 5.92 Å². The van der Waals surface area contributed by atoms with Crippen molar-refractivity contribution in [1.29, 1.82) is 0 Å². The molecule has 0 unspecified atom stereocenters. The largest absolute Gasteiger partial charge is 0.356 e. The van der Waals surface area contributed by atoms with Crippen LogP contribution < -0.4 is 16.0 Å². The third-order valence-electron chi connectivity index (χ3n) is 5.89. The second-order valence-electron chi connectivity index (χ2n) is 8.67. The van der Waals surface area contributed by atoms with Gasteiger partial charge in [0.1, 0.15) is 0 Å². The fourth-order valence-electron chi connectivity index (χ4n) is 4.04. The lowest BCUT2D eigenvalue weighted by atomic mass is 10.1. The molecule has 0 radical (unpaired) electrons. The molecule has 0 atom stereocenters. The van der Waals surface area contributed by atoms with Crippen molar-refractivity contribution in [1.82, 2.24) is 15.5 Å². The standard InChI is InChI=1S/C26H35N5O2.HI/c1-27-26(28-15-14-19-8-6-12-22(16-19)25(33)31(2)3)29-18-20-9-7-13-23(17-20)30-24(32)21-10-4-5-11-21;/h6-9,12-13,16-17,21H,4-5,10-11,14-15,18H2,1-3H3,(H,30,32)(H2,27,28,29);1H. The topological polar surface area (TPSA) is 85.8 Å². The van der Waals surface area contributed by atoms with E-state index in [2.05, 4.69) is 20.9 Å². The highest BCUT2D eigenvalue weighted by Crippen LogP contribution is 2.26. The van der Waals surface area contributed by atoms with E-state index in [1.165, 1.54) is 0 Å². The van der Waals surface area contributed by atoms with E-state index in [0.29, 0.717) is 24.6 Å². The van der Waals surface area contributed by atoms with Crippen LogP contribution in [0.3, 0.4) is 0 Å². The zero-order chi connectivity index (χ0) is 23.6. The molecule has 2 aromatic carbocycles. The lowest BCUT2D eigenvalue weighted by molar-refractivity contribution is -0.119. The second kappa shape index (κ2) is 13.9. The Kier molecular flexibility index (Phi) is 11.3. The summed E-state index contributed by atoms with van der Waals surface area (Å²) >= 11 is 0. The SMILES string of the molecule is CN=C(NCCc1cccc(C(=O)N(C)C)c1)NCc1cccc(NC(=O)C2CCCC2)c1.I. The summed E-state index contributed by atoms with van der Waals surface area (Å²) in [6.45, 7) is 1.29. The highest BCUT2D eigenvalue weighted by atomic mass is 127. The number of rotatable bonds is 8. The van der Waals surface area contributed by atoms with Crippen molar-refractivity contribution in [2.24, 2.45) is 10.9 Å². The Labute approximate surface area is 219 Å². The van der Waals surface area contributed by atoms with Gasteiger partial charge in [0.25, 0.3) is 5.91 Å². The molecule has 0 spiro atoms. The van der Waals surface area contributed by atoms with Crippen molar-refractivity contribution in [2.45, 2.75) is 38.6 Å². The van der Waals surface area contributed by atoms with Crippen LogP contribution >= 0.6 is 24.0 Å². The molecule has 184 valence electrons. The van der Waals surface area contributed by atoms with Gasteiger partial charge in [-0.1, -0.05) is 37.1 Å². The first-order valence-corrected chi connectivity index (χ1v) is 11.6. The van der Waals surface area contributed by atoms with Crippen molar-refractivity contribution >= 4 is 47.4 Å². The van der Waals surface area contributed by atoms with Crippen molar-refractivity contribution in [3.8, 4) is 0 Å². The Morgan fingerprint density at radius 2 is 1.71 bits per heavy atom. The average Bonchev–Trinajstić information content (AvgIpc) is 3.36. The highest BCUT2D eigenvalue weighted by Gasteiger charge is 2.22. The number of carbonyl (C=O) groups excluding carboxylic acids is 2. The number of anilines is 1. The Hall–Kier alpha value is -2.62. The normalized spacial score (nSPS) is 13.7. The molecular formula is C26H36IN5O2. The quantitative estimate of drug-likeness (QED) is 0.251. The van der Waals surface area contributed by atoms with Crippen LogP contribution in [0.1, 0.15) is 47.2 Å². The zero-order valence-electron chi connectivity index (χ0n) is 20.3. The first-order valence-electron chi connectivity index (χ1n) is 11.6. The summed E-state index contributed by atoms with van der Waals surface area (Å²) in [6.07, 6.45) is 5.05. The van der Waals surface area contributed by atoms with E-state index in [-0.39, 0.29) is 41.7 Å². The van der Waals surface area contributed by atoms with Gasteiger partial charge in [-0.25, -0.2) is 0 Å². The Balaban J connectivity index is 0.00000408. The molecule has 2 aromatic rings. The van der Waals surface area contributed by atoms with Gasteiger partial charge in [0.05, 0.1) is 0 Å². The number of halogens is 1. The predicted molar refractivity (Wildman–Crippen MR) is 149 cm³/mol. The first kappa shape index (κ1) is 27.6. The summed E-state index contributed by atoms with van der Waals surface area (Å²) in [5, 5.41) is 9.69. The van der Waals surface area contributed by atoms with Crippen molar-refractivity contribution < 1.29 is 9.59 Å². The van der Waals surface area contributed by atoms with Crippen molar-refractivity contribution in [2.75, 3.05) is 33.0 Å². The van der Waals surface area contributed by atoms with E-state index >= 15 is 0 Å². The number of carbonyl (C=O) groups is 2. The summed E-state index contributed by atoms with van der Waals surface area (Å²) in [6, 6.07) is 15.6. The lowest BCUT2D eigenvalue weighted by Crippen LogP contribution is -2.37. The summed E-state index contributed by atoms with van der Waals surface area (Å²) < 4.78 is 0. The number of amides is 2. The maximum atomic E-state index is 12.4. The van der Waals surface area contributed by atoms with E-state index in [1.54, 1.807) is 26.0 Å². The van der Waals surface area contributed by atoms with Gasteiger partial charge in [0.2, 0.25) is 5.91 Å². The number of hydrogen-bond acceptors (Lipinski definition) is 3. The third-order valence-corrected chi connectivity index (χ3v) is 5.89. The molecule has 7 nitrogen and oxygen atoms in total. The van der Waals surface area contributed by atoms with Crippen molar-refractivity contribution in [3.63, 3.8) is 0 Å². The molecule has 1 fully saturated rings. The number of benzene rings is 2. The van der Waals surface area contributed by atoms with E-state index < -0.39 is 0 Å². The van der Waals surface area contributed by atoms with E-state index in [0.717, 1.165) is 48.9 Å². The van der Waals surface area contributed by atoms with Gasteiger partial charge in [-0.15, -0.1) is 24.0 Å². The van der Waals surface area contributed by atoms with E-state index in [4.69, 9.17) is 0 Å². The molecule has 0 aromatic heterocycles. The van der Waals surface area contributed by atoms with Crippen molar-refractivity contribution in [3.05, 3.63) is 65.2 Å². The van der Waals surface area contributed by atoms with Gasteiger partial charge >= 0.3 is 0 Å². The molecule has 0 heterocycles. The van der Waals surface area contributed by atoms with Crippen LogP contribution in [0.15, 0.2) is 53.5 Å². The molecule has 34 heavy (non-hydrogen) atoms. The minimum absolute atomic E-state index is 0. The number of guanidine groups is 1. The molecule has 1 aliphatic rings. The average molecular weight is 578 g/mol. The molecule has 2 amide bonds. The molecule has 3 rings (SSSR count). The predicted octanol–water partition coefficient (Wildman–Crippen LogP) is 4.04. The summed E-state index contributed by atoms with van der Waals surface area (Å²) in [5.74, 6) is 0.989. The van der Waals surface area contributed by atoms with E-state index in [9.17, 15) is 9.59 Å². The second-order valence-corrected chi connectivity index (χ2v) is 8.67. The molecule has 8 heteroatoms. The van der Waals surface area contributed by atoms with Crippen LogP contribution in [0.2, 0.25) is 0 Å². The van der Waals surface area contributed by atoms with Gasteiger partial charge in [-0.2, -0.15) is 0 Å². The number of aliphatic imine (C=N–C) groups is 1. The summed E-state index contributed by atoms with van der Waals surface area (Å²) in [5.41, 5.74) is 3.69. The Bertz CT molecular complexity index is 987. The van der Waals surface area contributed by atoms with Crippen LogP contribution in [0.25, 0.3) is 0 Å². The van der Waals surface area contributed by atoms with Crippen LogP contribution in [0.4, 0.5) is 5.69 Å². The maximum Gasteiger partial charge on any atom is 0.253 e. The van der Waals surface area contributed by atoms with Crippen LogP contribution in [0.5, 0.6) is 0 Å². The smallest absolute Gasteiger partial charge is 0.253 e. The molecule has 0 saturated heterocycles. The number of hydrogen-bond donors (Lipinski definition) is 3.